The maximum absolute atomic E-state index is 12.1. The third-order valence-corrected chi connectivity index (χ3v) is 3.60. The number of benzene rings is 1. The van der Waals surface area contributed by atoms with E-state index in [4.69, 9.17) is 4.74 Å². The highest BCUT2D eigenvalue weighted by Crippen LogP contribution is 2.20. The maximum atomic E-state index is 12.1. The van der Waals surface area contributed by atoms with Crippen LogP contribution >= 0.6 is 0 Å². The van der Waals surface area contributed by atoms with Crippen molar-refractivity contribution in [2.75, 3.05) is 6.61 Å². The molecule has 2 aromatic rings. The summed E-state index contributed by atoms with van der Waals surface area (Å²) in [6.45, 7) is 2.54. The number of hydrogen-bond acceptors (Lipinski definition) is 4. The van der Waals surface area contributed by atoms with E-state index in [2.05, 4.69) is 10.3 Å². The first-order chi connectivity index (χ1) is 11.2. The van der Waals surface area contributed by atoms with Gasteiger partial charge in [0.1, 0.15) is 12.3 Å². The first kappa shape index (κ1) is 15.3. The van der Waals surface area contributed by atoms with Gasteiger partial charge in [-0.15, -0.1) is 0 Å². The van der Waals surface area contributed by atoms with E-state index in [1.54, 1.807) is 0 Å². The fourth-order valence-corrected chi connectivity index (χ4v) is 2.25. The molecule has 1 saturated carbocycles. The summed E-state index contributed by atoms with van der Waals surface area (Å²) in [4.78, 5) is 28.2. The standard InChI is InChI=1S/C17H19N3O3/c1-2-23-14-7-3-12(4-8-14)15-9-17(22)20(11-18-15)10-16(21)19-13-5-6-13/h3-4,7-9,11,13H,2,5-6,10H2,1H3,(H,19,21). The number of aromatic nitrogens is 2. The molecule has 1 aromatic carbocycles. The highest BCUT2D eigenvalue weighted by atomic mass is 16.5. The van der Waals surface area contributed by atoms with Crippen molar-refractivity contribution < 1.29 is 9.53 Å². The second-order valence-corrected chi connectivity index (χ2v) is 5.54. The van der Waals surface area contributed by atoms with Gasteiger partial charge in [0.15, 0.2) is 0 Å². The van der Waals surface area contributed by atoms with Crippen LogP contribution in [0.3, 0.4) is 0 Å². The molecule has 0 saturated heterocycles. The van der Waals surface area contributed by atoms with Gasteiger partial charge in [-0.25, -0.2) is 4.98 Å². The summed E-state index contributed by atoms with van der Waals surface area (Å²) in [7, 11) is 0. The van der Waals surface area contributed by atoms with E-state index in [9.17, 15) is 9.59 Å². The molecule has 1 heterocycles. The quantitative estimate of drug-likeness (QED) is 0.879. The lowest BCUT2D eigenvalue weighted by atomic mass is 10.1. The van der Waals surface area contributed by atoms with Crippen molar-refractivity contribution in [2.24, 2.45) is 0 Å². The highest BCUT2D eigenvalue weighted by Gasteiger charge is 2.23. The van der Waals surface area contributed by atoms with Gasteiger partial charge in [-0.3, -0.25) is 14.2 Å². The summed E-state index contributed by atoms with van der Waals surface area (Å²) in [5.41, 5.74) is 1.17. The molecule has 0 atom stereocenters. The van der Waals surface area contributed by atoms with Crippen LogP contribution in [0.2, 0.25) is 0 Å². The van der Waals surface area contributed by atoms with E-state index in [0.29, 0.717) is 12.3 Å². The Morgan fingerprint density at radius 1 is 1.35 bits per heavy atom. The Bertz CT molecular complexity index is 748. The number of carbonyl (C=O) groups excluding carboxylic acids is 1. The van der Waals surface area contributed by atoms with Crippen LogP contribution in [0.5, 0.6) is 5.75 Å². The van der Waals surface area contributed by atoms with Crippen LogP contribution < -0.4 is 15.6 Å². The van der Waals surface area contributed by atoms with Gasteiger partial charge < -0.3 is 10.1 Å². The zero-order valence-electron chi connectivity index (χ0n) is 13.0. The molecule has 0 radical (unpaired) electrons. The Balaban J connectivity index is 1.72. The lowest BCUT2D eigenvalue weighted by molar-refractivity contribution is -0.121. The molecule has 1 amide bonds. The van der Waals surface area contributed by atoms with Crippen LogP contribution in [0.1, 0.15) is 19.8 Å². The number of carbonyl (C=O) groups is 1. The molecule has 1 aliphatic carbocycles. The van der Waals surface area contributed by atoms with E-state index in [1.165, 1.54) is 17.0 Å². The lowest BCUT2D eigenvalue weighted by Crippen LogP contribution is -2.33. The van der Waals surface area contributed by atoms with Crippen LogP contribution in [-0.2, 0) is 11.3 Å². The first-order valence-electron chi connectivity index (χ1n) is 7.75. The summed E-state index contributed by atoms with van der Waals surface area (Å²) in [5, 5.41) is 2.85. The van der Waals surface area contributed by atoms with E-state index in [1.807, 2.05) is 31.2 Å². The molecule has 1 aliphatic rings. The lowest BCUT2D eigenvalue weighted by Gasteiger charge is -2.08. The van der Waals surface area contributed by atoms with Crippen LogP contribution in [0.4, 0.5) is 0 Å². The van der Waals surface area contributed by atoms with Crippen molar-refractivity contribution in [1.82, 2.24) is 14.9 Å². The zero-order valence-corrected chi connectivity index (χ0v) is 13.0. The molecule has 0 aliphatic heterocycles. The van der Waals surface area contributed by atoms with Crippen molar-refractivity contribution in [1.29, 1.82) is 0 Å². The average molecular weight is 313 g/mol. The van der Waals surface area contributed by atoms with E-state index in [-0.39, 0.29) is 24.1 Å². The van der Waals surface area contributed by atoms with Crippen LogP contribution in [0.15, 0.2) is 41.5 Å². The Hall–Kier alpha value is -2.63. The summed E-state index contributed by atoms with van der Waals surface area (Å²) < 4.78 is 6.70. The normalized spacial score (nSPS) is 13.6. The van der Waals surface area contributed by atoms with E-state index < -0.39 is 0 Å². The average Bonchev–Trinajstić information content (AvgIpc) is 3.34. The SMILES string of the molecule is CCOc1ccc(-c2cc(=O)n(CC(=O)NC3CC3)cn2)cc1. The Labute approximate surface area is 134 Å². The number of rotatable bonds is 6. The highest BCUT2D eigenvalue weighted by molar-refractivity contribution is 5.76. The maximum Gasteiger partial charge on any atom is 0.254 e. The van der Waals surface area contributed by atoms with Gasteiger partial charge in [0.2, 0.25) is 5.91 Å². The van der Waals surface area contributed by atoms with Gasteiger partial charge in [-0.05, 0) is 44.0 Å². The van der Waals surface area contributed by atoms with Crippen LogP contribution in [0.25, 0.3) is 11.3 Å². The van der Waals surface area contributed by atoms with Crippen molar-refractivity contribution in [3.8, 4) is 17.0 Å². The summed E-state index contributed by atoms with van der Waals surface area (Å²) in [6.07, 6.45) is 3.46. The van der Waals surface area contributed by atoms with Crippen molar-refractivity contribution in [2.45, 2.75) is 32.4 Å². The van der Waals surface area contributed by atoms with Crippen LogP contribution in [0, 0.1) is 0 Å². The molecule has 1 fully saturated rings. The molecule has 0 spiro atoms. The molecular weight excluding hydrogens is 294 g/mol. The molecule has 1 N–H and O–H groups in total. The largest absolute Gasteiger partial charge is 0.494 e. The van der Waals surface area contributed by atoms with Gasteiger partial charge in [-0.1, -0.05) is 0 Å². The van der Waals surface area contributed by atoms with Crippen molar-refractivity contribution in [3.63, 3.8) is 0 Å². The second-order valence-electron chi connectivity index (χ2n) is 5.54. The smallest absolute Gasteiger partial charge is 0.254 e. The van der Waals surface area contributed by atoms with Gasteiger partial charge in [0.05, 0.1) is 18.6 Å². The summed E-state index contributed by atoms with van der Waals surface area (Å²) >= 11 is 0. The Morgan fingerprint density at radius 2 is 2.09 bits per heavy atom. The molecule has 0 bridgehead atoms. The van der Waals surface area contributed by atoms with E-state index in [0.717, 1.165) is 24.2 Å². The molecule has 23 heavy (non-hydrogen) atoms. The summed E-state index contributed by atoms with van der Waals surface area (Å²) in [5.74, 6) is 0.631. The predicted octanol–water partition coefficient (Wildman–Crippen LogP) is 1.59. The third kappa shape index (κ3) is 3.97. The van der Waals surface area contributed by atoms with Gasteiger partial charge >= 0.3 is 0 Å². The van der Waals surface area contributed by atoms with Gasteiger partial charge in [-0.2, -0.15) is 0 Å². The fraction of sp³-hybridized carbons (Fsp3) is 0.353. The number of nitrogens with one attached hydrogen (secondary N) is 1. The molecule has 1 aromatic heterocycles. The number of ether oxygens (including phenoxy) is 1. The van der Waals surface area contributed by atoms with Gasteiger partial charge in [0.25, 0.3) is 5.56 Å². The zero-order chi connectivity index (χ0) is 16.2. The minimum Gasteiger partial charge on any atom is -0.494 e. The van der Waals surface area contributed by atoms with E-state index >= 15 is 0 Å². The summed E-state index contributed by atoms with van der Waals surface area (Å²) in [6, 6.07) is 9.13. The minimum absolute atomic E-state index is 0.00584. The molecule has 0 unspecified atom stereocenters. The number of amides is 1. The molecule has 120 valence electrons. The van der Waals surface area contributed by atoms with Crippen molar-refractivity contribution in [3.05, 3.63) is 47.0 Å². The van der Waals surface area contributed by atoms with Gasteiger partial charge in [0, 0.05) is 17.7 Å². The molecular formula is C17H19N3O3. The van der Waals surface area contributed by atoms with Crippen LogP contribution in [-0.4, -0.2) is 28.1 Å². The molecule has 6 nitrogen and oxygen atoms in total. The Kier molecular flexibility index (Phi) is 4.41. The number of hydrogen-bond donors (Lipinski definition) is 1. The topological polar surface area (TPSA) is 73.2 Å². The van der Waals surface area contributed by atoms with Crippen molar-refractivity contribution >= 4 is 5.91 Å². The first-order valence-corrected chi connectivity index (χ1v) is 7.75. The molecule has 3 rings (SSSR count). The second kappa shape index (κ2) is 6.64. The predicted molar refractivity (Wildman–Crippen MR) is 86.3 cm³/mol. The monoisotopic (exact) mass is 313 g/mol. The molecule has 6 heteroatoms. The number of nitrogens with zero attached hydrogens (tertiary/aromatic N) is 2. The minimum atomic E-state index is -0.241. The fourth-order valence-electron chi connectivity index (χ4n) is 2.25. The third-order valence-electron chi connectivity index (χ3n) is 3.60. The Morgan fingerprint density at radius 3 is 2.70 bits per heavy atom.